The van der Waals surface area contributed by atoms with E-state index in [2.05, 4.69) is 9.97 Å². The molecule has 1 saturated carbocycles. The number of aromatic nitrogens is 2. The lowest BCUT2D eigenvalue weighted by Gasteiger charge is -2.16. The summed E-state index contributed by atoms with van der Waals surface area (Å²) in [4.78, 5) is 19.7. The van der Waals surface area contributed by atoms with Gasteiger partial charge < -0.3 is 9.84 Å². The second-order valence-electron chi connectivity index (χ2n) is 6.86. The van der Waals surface area contributed by atoms with Gasteiger partial charge in [0.1, 0.15) is 6.33 Å². The zero-order valence-corrected chi connectivity index (χ0v) is 14.8. The Balaban J connectivity index is 1.62. The number of hydrogen-bond acceptors (Lipinski definition) is 4. The Bertz CT molecular complexity index is 938. The molecule has 1 aromatic heterocycles. The van der Waals surface area contributed by atoms with Gasteiger partial charge in [0.05, 0.1) is 18.6 Å². The molecule has 136 valence electrons. The van der Waals surface area contributed by atoms with Crippen LogP contribution in [0.2, 0.25) is 0 Å². The molecule has 0 saturated heterocycles. The van der Waals surface area contributed by atoms with Crippen molar-refractivity contribution in [3.05, 3.63) is 83.9 Å². The van der Waals surface area contributed by atoms with Gasteiger partial charge in [-0.1, -0.05) is 48.5 Å². The van der Waals surface area contributed by atoms with Crippen molar-refractivity contribution in [1.29, 1.82) is 0 Å². The lowest BCUT2D eigenvalue weighted by molar-refractivity contribution is -0.140. The van der Waals surface area contributed by atoms with Crippen molar-refractivity contribution in [1.82, 2.24) is 9.97 Å². The Hall–Kier alpha value is -3.05. The molecule has 5 nitrogen and oxygen atoms in total. The highest BCUT2D eigenvalue weighted by Gasteiger charge is 2.51. The fraction of sp³-hybridized carbons (Fsp3) is 0.227. The standard InChI is InChI=1S/C22H20N2O3/c25-21(26)22(8-9-22)19-6-7-20(17-4-2-1-3-5-17)18(10-19)14-27-13-16-11-23-15-24-12-16/h1-7,10-12,15H,8-9,13-14H2,(H,25,26). The molecule has 3 aromatic rings. The van der Waals surface area contributed by atoms with Crippen molar-refractivity contribution in [2.45, 2.75) is 31.5 Å². The number of carboxylic acid groups (broad SMARTS) is 1. The summed E-state index contributed by atoms with van der Waals surface area (Å²) in [5.74, 6) is -0.747. The largest absolute Gasteiger partial charge is 0.481 e. The molecule has 1 aliphatic carbocycles. The van der Waals surface area contributed by atoms with E-state index in [1.54, 1.807) is 12.4 Å². The first kappa shape index (κ1) is 17.4. The van der Waals surface area contributed by atoms with E-state index in [0.717, 1.165) is 27.8 Å². The van der Waals surface area contributed by atoms with Crippen LogP contribution in [-0.4, -0.2) is 21.0 Å². The minimum atomic E-state index is -0.747. The fourth-order valence-electron chi connectivity index (χ4n) is 3.34. The van der Waals surface area contributed by atoms with Crippen LogP contribution in [0.5, 0.6) is 0 Å². The summed E-state index contributed by atoms with van der Waals surface area (Å²) < 4.78 is 5.89. The van der Waals surface area contributed by atoms with Crippen molar-refractivity contribution in [2.75, 3.05) is 0 Å². The van der Waals surface area contributed by atoms with Gasteiger partial charge in [0.15, 0.2) is 0 Å². The molecule has 0 aliphatic heterocycles. The van der Waals surface area contributed by atoms with Gasteiger partial charge in [-0.05, 0) is 35.1 Å². The third-order valence-electron chi connectivity index (χ3n) is 5.04. The molecule has 1 aliphatic rings. The van der Waals surface area contributed by atoms with Gasteiger partial charge in [0.25, 0.3) is 0 Å². The van der Waals surface area contributed by atoms with Crippen molar-refractivity contribution >= 4 is 5.97 Å². The van der Waals surface area contributed by atoms with Crippen molar-refractivity contribution in [3.8, 4) is 11.1 Å². The molecule has 1 N–H and O–H groups in total. The predicted octanol–water partition coefficient (Wildman–Crippen LogP) is 3.98. The first-order valence-corrected chi connectivity index (χ1v) is 8.93. The van der Waals surface area contributed by atoms with Gasteiger partial charge >= 0.3 is 5.97 Å². The van der Waals surface area contributed by atoms with Crippen LogP contribution >= 0.6 is 0 Å². The highest BCUT2D eigenvalue weighted by molar-refractivity contribution is 5.85. The maximum Gasteiger partial charge on any atom is 0.314 e. The van der Waals surface area contributed by atoms with Crippen LogP contribution in [-0.2, 0) is 28.2 Å². The second-order valence-corrected chi connectivity index (χ2v) is 6.86. The lowest BCUT2D eigenvalue weighted by Crippen LogP contribution is -2.19. The van der Waals surface area contributed by atoms with Crippen LogP contribution in [0.25, 0.3) is 11.1 Å². The van der Waals surface area contributed by atoms with Gasteiger partial charge in [-0.2, -0.15) is 0 Å². The number of ether oxygens (including phenoxy) is 1. The van der Waals surface area contributed by atoms with E-state index in [4.69, 9.17) is 4.74 Å². The van der Waals surface area contributed by atoms with Gasteiger partial charge in [-0.3, -0.25) is 4.79 Å². The van der Waals surface area contributed by atoms with Gasteiger partial charge in [-0.25, -0.2) is 9.97 Å². The van der Waals surface area contributed by atoms with Crippen LogP contribution in [0.3, 0.4) is 0 Å². The van der Waals surface area contributed by atoms with Crippen molar-refractivity contribution < 1.29 is 14.6 Å². The number of aliphatic carboxylic acids is 1. The zero-order chi connectivity index (χ0) is 18.7. The first-order valence-electron chi connectivity index (χ1n) is 8.93. The monoisotopic (exact) mass is 360 g/mol. The molecule has 0 radical (unpaired) electrons. The number of nitrogens with zero attached hydrogens (tertiary/aromatic N) is 2. The Morgan fingerprint density at radius 3 is 2.44 bits per heavy atom. The molecule has 0 atom stereocenters. The fourth-order valence-corrected chi connectivity index (χ4v) is 3.34. The van der Waals surface area contributed by atoms with E-state index in [9.17, 15) is 9.90 Å². The van der Waals surface area contributed by atoms with Gasteiger partial charge in [0, 0.05) is 18.0 Å². The number of rotatable bonds is 7. The second kappa shape index (κ2) is 7.29. The molecule has 1 heterocycles. The predicted molar refractivity (Wildman–Crippen MR) is 101 cm³/mol. The summed E-state index contributed by atoms with van der Waals surface area (Å²) in [6.45, 7) is 0.798. The molecule has 5 heteroatoms. The van der Waals surface area contributed by atoms with Gasteiger partial charge in [-0.15, -0.1) is 0 Å². The van der Waals surface area contributed by atoms with E-state index in [1.165, 1.54) is 6.33 Å². The summed E-state index contributed by atoms with van der Waals surface area (Å²) >= 11 is 0. The van der Waals surface area contributed by atoms with E-state index < -0.39 is 11.4 Å². The van der Waals surface area contributed by atoms with Gasteiger partial charge in [0.2, 0.25) is 0 Å². The molecule has 4 rings (SSSR count). The number of benzene rings is 2. The number of carbonyl (C=O) groups is 1. The first-order chi connectivity index (χ1) is 13.2. The van der Waals surface area contributed by atoms with E-state index in [0.29, 0.717) is 26.1 Å². The average Bonchev–Trinajstić information content (AvgIpc) is 3.52. The van der Waals surface area contributed by atoms with Crippen LogP contribution in [0.15, 0.2) is 67.3 Å². The minimum Gasteiger partial charge on any atom is -0.481 e. The van der Waals surface area contributed by atoms with Crippen molar-refractivity contribution in [3.63, 3.8) is 0 Å². The molecular weight excluding hydrogens is 340 g/mol. The Labute approximate surface area is 157 Å². The zero-order valence-electron chi connectivity index (χ0n) is 14.8. The molecule has 0 unspecified atom stereocenters. The van der Waals surface area contributed by atoms with E-state index in [-0.39, 0.29) is 0 Å². The van der Waals surface area contributed by atoms with Crippen LogP contribution < -0.4 is 0 Å². The Kier molecular flexibility index (Phi) is 4.69. The molecule has 1 fully saturated rings. The molecule has 0 spiro atoms. The molecule has 2 aromatic carbocycles. The highest BCUT2D eigenvalue weighted by Crippen LogP contribution is 2.49. The third kappa shape index (κ3) is 3.59. The summed E-state index contributed by atoms with van der Waals surface area (Å²) in [5, 5.41) is 9.61. The summed E-state index contributed by atoms with van der Waals surface area (Å²) in [6.07, 6.45) is 6.32. The summed E-state index contributed by atoms with van der Waals surface area (Å²) in [5.41, 5.74) is 4.17. The molecule has 0 amide bonds. The summed E-state index contributed by atoms with van der Waals surface area (Å²) in [6, 6.07) is 16.0. The average molecular weight is 360 g/mol. The van der Waals surface area contributed by atoms with Crippen LogP contribution in [0.1, 0.15) is 29.5 Å². The Morgan fingerprint density at radius 1 is 1.04 bits per heavy atom. The van der Waals surface area contributed by atoms with E-state index >= 15 is 0 Å². The van der Waals surface area contributed by atoms with Crippen LogP contribution in [0.4, 0.5) is 0 Å². The van der Waals surface area contributed by atoms with E-state index in [1.807, 2.05) is 48.5 Å². The number of carboxylic acids is 1. The topological polar surface area (TPSA) is 72.3 Å². The molecule has 27 heavy (non-hydrogen) atoms. The quantitative estimate of drug-likeness (QED) is 0.690. The molecular formula is C22H20N2O3. The SMILES string of the molecule is O=C(O)C1(c2ccc(-c3ccccc3)c(COCc3cncnc3)c2)CC1. The highest BCUT2D eigenvalue weighted by atomic mass is 16.5. The van der Waals surface area contributed by atoms with Crippen LogP contribution in [0, 0.1) is 0 Å². The number of hydrogen-bond donors (Lipinski definition) is 1. The molecule has 0 bridgehead atoms. The minimum absolute atomic E-state index is 0.392. The summed E-state index contributed by atoms with van der Waals surface area (Å²) in [7, 11) is 0. The third-order valence-corrected chi connectivity index (χ3v) is 5.04. The normalized spacial score (nSPS) is 14.7. The maximum absolute atomic E-state index is 11.7. The lowest BCUT2D eigenvalue weighted by atomic mass is 9.90. The van der Waals surface area contributed by atoms with Crippen molar-refractivity contribution in [2.24, 2.45) is 0 Å². The Morgan fingerprint density at radius 2 is 1.78 bits per heavy atom. The smallest absolute Gasteiger partial charge is 0.314 e. The maximum atomic E-state index is 11.7.